The average molecular weight is 234 g/mol. The van der Waals surface area contributed by atoms with Gasteiger partial charge in [-0.3, -0.25) is 0 Å². The van der Waals surface area contributed by atoms with E-state index in [0.717, 1.165) is 26.1 Å². The highest BCUT2D eigenvalue weighted by Gasteiger charge is 2.09. The lowest BCUT2D eigenvalue weighted by Gasteiger charge is -2.23. The molecule has 0 bridgehead atoms. The van der Waals surface area contributed by atoms with E-state index >= 15 is 0 Å². The molecule has 1 aromatic carbocycles. The summed E-state index contributed by atoms with van der Waals surface area (Å²) in [4.78, 5) is 2.38. The molecule has 0 aliphatic carbocycles. The van der Waals surface area contributed by atoms with Gasteiger partial charge in [0.25, 0.3) is 0 Å². The number of nitrogens with zero attached hydrogens (tertiary/aromatic N) is 1. The van der Waals surface area contributed by atoms with Crippen LogP contribution in [0.1, 0.15) is 30.0 Å². The van der Waals surface area contributed by atoms with E-state index in [4.69, 9.17) is 5.73 Å². The molecule has 1 aromatic rings. The largest absolute Gasteiger partial charge is 0.330 e. The molecule has 0 saturated carbocycles. The summed E-state index contributed by atoms with van der Waals surface area (Å²) in [5.74, 6) is 0.616. The van der Waals surface area contributed by atoms with E-state index in [1.807, 2.05) is 0 Å². The predicted octanol–water partition coefficient (Wildman–Crippen LogP) is 2.72. The first kappa shape index (κ1) is 14.2. The minimum atomic E-state index is 0.616. The standard InChI is InChI=1S/C15H26N2/c1-5-14(9-16)10-17(4)11-15-8-12(2)6-7-13(15)3/h6-8,14H,5,9-11,16H2,1-4H3. The molecule has 0 spiro atoms. The molecule has 1 atom stereocenters. The molecule has 0 aliphatic rings. The average Bonchev–Trinajstić information content (AvgIpc) is 2.31. The van der Waals surface area contributed by atoms with Gasteiger partial charge in [-0.15, -0.1) is 0 Å². The Bertz CT molecular complexity index is 343. The van der Waals surface area contributed by atoms with E-state index in [1.165, 1.54) is 16.7 Å². The van der Waals surface area contributed by atoms with E-state index in [2.05, 4.69) is 50.9 Å². The van der Waals surface area contributed by atoms with Crippen LogP contribution < -0.4 is 5.73 Å². The Labute approximate surface area is 106 Å². The predicted molar refractivity (Wildman–Crippen MR) is 75.1 cm³/mol. The Balaban J connectivity index is 2.61. The lowest BCUT2D eigenvalue weighted by Crippen LogP contribution is -2.29. The van der Waals surface area contributed by atoms with Crippen LogP contribution in [0.5, 0.6) is 0 Å². The molecular weight excluding hydrogens is 208 g/mol. The van der Waals surface area contributed by atoms with Crippen molar-refractivity contribution in [2.75, 3.05) is 20.1 Å². The molecule has 2 heteroatoms. The fourth-order valence-electron chi connectivity index (χ4n) is 2.14. The molecule has 17 heavy (non-hydrogen) atoms. The van der Waals surface area contributed by atoms with Crippen molar-refractivity contribution >= 4 is 0 Å². The summed E-state index contributed by atoms with van der Waals surface area (Å²) in [5, 5.41) is 0. The van der Waals surface area contributed by atoms with Crippen LogP contribution in [0.25, 0.3) is 0 Å². The van der Waals surface area contributed by atoms with E-state index in [-0.39, 0.29) is 0 Å². The van der Waals surface area contributed by atoms with Crippen molar-refractivity contribution in [1.29, 1.82) is 0 Å². The van der Waals surface area contributed by atoms with E-state index in [9.17, 15) is 0 Å². The maximum atomic E-state index is 5.75. The maximum Gasteiger partial charge on any atom is 0.0233 e. The Hall–Kier alpha value is -0.860. The van der Waals surface area contributed by atoms with Gasteiger partial charge in [-0.2, -0.15) is 0 Å². The van der Waals surface area contributed by atoms with Crippen molar-refractivity contribution in [1.82, 2.24) is 4.90 Å². The molecule has 0 fully saturated rings. The van der Waals surface area contributed by atoms with Crippen LogP contribution in [0, 0.1) is 19.8 Å². The molecule has 2 N–H and O–H groups in total. The highest BCUT2D eigenvalue weighted by Crippen LogP contribution is 2.13. The monoisotopic (exact) mass is 234 g/mol. The molecular formula is C15H26N2. The Morgan fingerprint density at radius 1 is 1.29 bits per heavy atom. The number of benzene rings is 1. The summed E-state index contributed by atoms with van der Waals surface area (Å²) in [6.45, 7) is 9.43. The first-order chi connectivity index (χ1) is 8.06. The second-order valence-electron chi connectivity index (χ2n) is 5.14. The van der Waals surface area contributed by atoms with Crippen molar-refractivity contribution in [3.63, 3.8) is 0 Å². The summed E-state index contributed by atoms with van der Waals surface area (Å²) in [6.07, 6.45) is 1.16. The van der Waals surface area contributed by atoms with Gasteiger partial charge in [-0.05, 0) is 44.5 Å². The SMILES string of the molecule is CCC(CN)CN(C)Cc1cc(C)ccc1C. The zero-order chi connectivity index (χ0) is 12.8. The third-order valence-corrected chi connectivity index (χ3v) is 3.43. The van der Waals surface area contributed by atoms with Crippen LogP contribution in [0.2, 0.25) is 0 Å². The number of hydrogen-bond donors (Lipinski definition) is 1. The van der Waals surface area contributed by atoms with Gasteiger partial charge < -0.3 is 10.6 Å². The Kier molecular flexibility index (Phi) is 5.66. The van der Waals surface area contributed by atoms with Crippen molar-refractivity contribution in [2.45, 2.75) is 33.7 Å². The summed E-state index contributed by atoms with van der Waals surface area (Å²) in [5.41, 5.74) is 9.90. The highest BCUT2D eigenvalue weighted by molar-refractivity contribution is 5.30. The van der Waals surface area contributed by atoms with Crippen molar-refractivity contribution in [3.05, 3.63) is 34.9 Å². The normalized spacial score (nSPS) is 13.1. The quantitative estimate of drug-likeness (QED) is 0.820. The topological polar surface area (TPSA) is 29.3 Å². The Morgan fingerprint density at radius 2 is 2.00 bits per heavy atom. The number of aryl methyl sites for hydroxylation is 2. The van der Waals surface area contributed by atoms with Crippen LogP contribution in [-0.4, -0.2) is 25.0 Å². The molecule has 1 unspecified atom stereocenters. The van der Waals surface area contributed by atoms with E-state index in [1.54, 1.807) is 0 Å². The summed E-state index contributed by atoms with van der Waals surface area (Å²) in [6, 6.07) is 6.67. The lowest BCUT2D eigenvalue weighted by molar-refractivity contribution is 0.267. The van der Waals surface area contributed by atoms with Gasteiger partial charge in [-0.1, -0.05) is 37.1 Å². The second kappa shape index (κ2) is 6.77. The summed E-state index contributed by atoms with van der Waals surface area (Å²) < 4.78 is 0. The van der Waals surface area contributed by atoms with Crippen molar-refractivity contribution in [2.24, 2.45) is 11.7 Å². The third kappa shape index (κ3) is 4.49. The van der Waals surface area contributed by atoms with E-state index < -0.39 is 0 Å². The maximum absolute atomic E-state index is 5.75. The highest BCUT2D eigenvalue weighted by atomic mass is 15.1. The number of nitrogens with two attached hydrogens (primary N) is 1. The van der Waals surface area contributed by atoms with Gasteiger partial charge in [0.05, 0.1) is 0 Å². The zero-order valence-corrected chi connectivity index (χ0v) is 11.7. The molecule has 96 valence electrons. The molecule has 0 aromatic heterocycles. The molecule has 0 saturated heterocycles. The van der Waals surface area contributed by atoms with Crippen LogP contribution in [0.15, 0.2) is 18.2 Å². The molecule has 1 rings (SSSR count). The smallest absolute Gasteiger partial charge is 0.0233 e. The summed E-state index contributed by atoms with van der Waals surface area (Å²) >= 11 is 0. The van der Waals surface area contributed by atoms with Gasteiger partial charge >= 0.3 is 0 Å². The van der Waals surface area contributed by atoms with Crippen LogP contribution in [0.3, 0.4) is 0 Å². The van der Waals surface area contributed by atoms with E-state index in [0.29, 0.717) is 5.92 Å². The van der Waals surface area contributed by atoms with Crippen LogP contribution in [-0.2, 0) is 6.54 Å². The first-order valence-corrected chi connectivity index (χ1v) is 6.51. The molecule has 0 heterocycles. The van der Waals surface area contributed by atoms with Crippen LogP contribution >= 0.6 is 0 Å². The molecule has 0 amide bonds. The van der Waals surface area contributed by atoms with Gasteiger partial charge in [-0.25, -0.2) is 0 Å². The van der Waals surface area contributed by atoms with Gasteiger partial charge in [0, 0.05) is 13.1 Å². The molecule has 0 radical (unpaired) electrons. The number of rotatable bonds is 6. The molecule has 0 aliphatic heterocycles. The van der Waals surface area contributed by atoms with Crippen molar-refractivity contribution < 1.29 is 0 Å². The summed E-state index contributed by atoms with van der Waals surface area (Å²) in [7, 11) is 2.18. The lowest BCUT2D eigenvalue weighted by atomic mass is 10.0. The van der Waals surface area contributed by atoms with Gasteiger partial charge in [0.1, 0.15) is 0 Å². The Morgan fingerprint density at radius 3 is 2.59 bits per heavy atom. The van der Waals surface area contributed by atoms with Crippen molar-refractivity contribution in [3.8, 4) is 0 Å². The van der Waals surface area contributed by atoms with Gasteiger partial charge in [0.15, 0.2) is 0 Å². The fourth-order valence-corrected chi connectivity index (χ4v) is 2.14. The minimum absolute atomic E-state index is 0.616. The second-order valence-corrected chi connectivity index (χ2v) is 5.14. The third-order valence-electron chi connectivity index (χ3n) is 3.43. The number of hydrogen-bond acceptors (Lipinski definition) is 2. The zero-order valence-electron chi connectivity index (χ0n) is 11.7. The first-order valence-electron chi connectivity index (χ1n) is 6.51. The minimum Gasteiger partial charge on any atom is -0.330 e. The van der Waals surface area contributed by atoms with Crippen LogP contribution in [0.4, 0.5) is 0 Å². The van der Waals surface area contributed by atoms with Gasteiger partial charge in [0.2, 0.25) is 0 Å². The molecule has 2 nitrogen and oxygen atoms in total. The fraction of sp³-hybridized carbons (Fsp3) is 0.600.